The minimum atomic E-state index is 0.666. The summed E-state index contributed by atoms with van der Waals surface area (Å²) < 4.78 is 0. The van der Waals surface area contributed by atoms with Crippen molar-refractivity contribution in [2.45, 2.75) is 27.3 Å². The Morgan fingerprint density at radius 2 is 1.55 bits per heavy atom. The Morgan fingerprint density at radius 3 is 2.20 bits per heavy atom. The van der Waals surface area contributed by atoms with Gasteiger partial charge in [0.15, 0.2) is 0 Å². The van der Waals surface area contributed by atoms with Gasteiger partial charge in [0.05, 0.1) is 0 Å². The molecule has 0 aliphatic carbocycles. The normalized spacial score (nSPS) is 10.6. The number of benzene rings is 2. The molecule has 0 aliphatic heterocycles. The standard InChI is InChI=1S/C18H24N2/c1-14-5-8-17(9-6-14)13-20(11-10-19)18-12-15(2)4-7-16(18)3/h4-9,12H,10-11,13,19H2,1-3H3. The van der Waals surface area contributed by atoms with E-state index in [9.17, 15) is 0 Å². The molecular formula is C18H24N2. The van der Waals surface area contributed by atoms with Gasteiger partial charge < -0.3 is 10.6 Å². The molecule has 0 spiro atoms. The van der Waals surface area contributed by atoms with Crippen LogP contribution in [0.2, 0.25) is 0 Å². The van der Waals surface area contributed by atoms with E-state index in [1.807, 2.05) is 0 Å². The van der Waals surface area contributed by atoms with Crippen molar-refractivity contribution < 1.29 is 0 Å². The zero-order valence-corrected chi connectivity index (χ0v) is 12.7. The summed E-state index contributed by atoms with van der Waals surface area (Å²) in [5, 5.41) is 0. The molecule has 0 radical (unpaired) electrons. The summed E-state index contributed by atoms with van der Waals surface area (Å²) in [6.07, 6.45) is 0. The largest absolute Gasteiger partial charge is 0.366 e. The average molecular weight is 268 g/mol. The van der Waals surface area contributed by atoms with Crippen LogP contribution in [-0.4, -0.2) is 13.1 Å². The van der Waals surface area contributed by atoms with E-state index in [-0.39, 0.29) is 0 Å². The smallest absolute Gasteiger partial charge is 0.0430 e. The van der Waals surface area contributed by atoms with Gasteiger partial charge in [-0.3, -0.25) is 0 Å². The van der Waals surface area contributed by atoms with Gasteiger partial charge in [-0.25, -0.2) is 0 Å². The van der Waals surface area contributed by atoms with Crippen LogP contribution < -0.4 is 10.6 Å². The van der Waals surface area contributed by atoms with Crippen LogP contribution in [0.1, 0.15) is 22.3 Å². The van der Waals surface area contributed by atoms with Crippen molar-refractivity contribution in [3.63, 3.8) is 0 Å². The van der Waals surface area contributed by atoms with E-state index in [1.165, 1.54) is 27.9 Å². The molecule has 0 aromatic heterocycles. The Kier molecular flexibility index (Phi) is 4.80. The Labute approximate surface area is 122 Å². The molecule has 0 atom stereocenters. The predicted octanol–water partition coefficient (Wildman–Crippen LogP) is 3.58. The van der Waals surface area contributed by atoms with Crippen LogP contribution in [0.5, 0.6) is 0 Å². The highest BCUT2D eigenvalue weighted by atomic mass is 15.1. The van der Waals surface area contributed by atoms with E-state index in [0.29, 0.717) is 6.54 Å². The highest BCUT2D eigenvalue weighted by molar-refractivity contribution is 5.55. The maximum Gasteiger partial charge on any atom is 0.0430 e. The molecule has 2 aromatic rings. The second-order valence-electron chi connectivity index (χ2n) is 5.49. The number of hydrogen-bond donors (Lipinski definition) is 1. The highest BCUT2D eigenvalue weighted by Crippen LogP contribution is 2.23. The molecule has 0 heterocycles. The molecule has 2 rings (SSSR count). The maximum absolute atomic E-state index is 5.79. The molecule has 2 nitrogen and oxygen atoms in total. The monoisotopic (exact) mass is 268 g/mol. The molecule has 0 fully saturated rings. The molecule has 20 heavy (non-hydrogen) atoms. The first-order valence-electron chi connectivity index (χ1n) is 7.18. The minimum absolute atomic E-state index is 0.666. The molecular weight excluding hydrogens is 244 g/mol. The lowest BCUT2D eigenvalue weighted by Gasteiger charge is -2.26. The van der Waals surface area contributed by atoms with E-state index >= 15 is 0 Å². The predicted molar refractivity (Wildman–Crippen MR) is 87.2 cm³/mol. The van der Waals surface area contributed by atoms with E-state index in [4.69, 9.17) is 5.73 Å². The zero-order valence-electron chi connectivity index (χ0n) is 12.7. The second kappa shape index (κ2) is 6.58. The molecule has 106 valence electrons. The summed E-state index contributed by atoms with van der Waals surface area (Å²) in [4.78, 5) is 2.37. The van der Waals surface area contributed by atoms with Gasteiger partial charge in [0.25, 0.3) is 0 Å². The molecule has 0 amide bonds. The van der Waals surface area contributed by atoms with Gasteiger partial charge in [0.1, 0.15) is 0 Å². The lowest BCUT2D eigenvalue weighted by molar-refractivity contribution is 0.786. The third kappa shape index (κ3) is 3.61. The average Bonchev–Trinajstić information content (AvgIpc) is 2.43. The van der Waals surface area contributed by atoms with Gasteiger partial charge in [-0.1, -0.05) is 42.0 Å². The minimum Gasteiger partial charge on any atom is -0.366 e. The summed E-state index contributed by atoms with van der Waals surface area (Å²) in [7, 11) is 0. The molecule has 2 N–H and O–H groups in total. The van der Waals surface area contributed by atoms with Crippen molar-refractivity contribution in [3.05, 3.63) is 64.7 Å². The number of hydrogen-bond acceptors (Lipinski definition) is 2. The third-order valence-corrected chi connectivity index (χ3v) is 3.60. The molecule has 2 aromatic carbocycles. The van der Waals surface area contributed by atoms with E-state index < -0.39 is 0 Å². The lowest BCUT2D eigenvalue weighted by Crippen LogP contribution is -2.29. The third-order valence-electron chi connectivity index (χ3n) is 3.60. The maximum atomic E-state index is 5.79. The van der Waals surface area contributed by atoms with E-state index in [2.05, 4.69) is 68.1 Å². The first-order chi connectivity index (χ1) is 9.60. The van der Waals surface area contributed by atoms with Crippen LogP contribution in [0.4, 0.5) is 5.69 Å². The van der Waals surface area contributed by atoms with Gasteiger partial charge in [0, 0.05) is 25.3 Å². The van der Waals surface area contributed by atoms with Crippen molar-refractivity contribution in [3.8, 4) is 0 Å². The fourth-order valence-electron chi connectivity index (χ4n) is 2.41. The van der Waals surface area contributed by atoms with Crippen molar-refractivity contribution in [1.29, 1.82) is 0 Å². The quantitative estimate of drug-likeness (QED) is 0.898. The van der Waals surface area contributed by atoms with Gasteiger partial charge >= 0.3 is 0 Å². The molecule has 0 saturated heterocycles. The fraction of sp³-hybridized carbons (Fsp3) is 0.333. The van der Waals surface area contributed by atoms with Crippen molar-refractivity contribution in [2.75, 3.05) is 18.0 Å². The Morgan fingerprint density at radius 1 is 0.900 bits per heavy atom. The van der Waals surface area contributed by atoms with Crippen LogP contribution in [0, 0.1) is 20.8 Å². The van der Waals surface area contributed by atoms with Crippen LogP contribution >= 0.6 is 0 Å². The number of nitrogens with two attached hydrogens (primary N) is 1. The lowest BCUT2D eigenvalue weighted by atomic mass is 10.1. The molecule has 0 bridgehead atoms. The van der Waals surface area contributed by atoms with Crippen molar-refractivity contribution in [1.82, 2.24) is 0 Å². The SMILES string of the molecule is Cc1ccc(CN(CCN)c2cc(C)ccc2C)cc1. The van der Waals surface area contributed by atoms with E-state index in [0.717, 1.165) is 13.1 Å². The van der Waals surface area contributed by atoms with Gasteiger partial charge in [-0.05, 0) is 43.5 Å². The van der Waals surface area contributed by atoms with Crippen LogP contribution in [0.3, 0.4) is 0 Å². The van der Waals surface area contributed by atoms with Crippen molar-refractivity contribution in [2.24, 2.45) is 5.73 Å². The molecule has 0 saturated carbocycles. The van der Waals surface area contributed by atoms with Crippen LogP contribution in [0.15, 0.2) is 42.5 Å². The Hall–Kier alpha value is -1.80. The Bertz CT molecular complexity index is 558. The summed E-state index contributed by atoms with van der Waals surface area (Å²) in [6, 6.07) is 15.3. The molecule has 2 heteroatoms. The summed E-state index contributed by atoms with van der Waals surface area (Å²) in [6.45, 7) is 8.86. The number of rotatable bonds is 5. The summed E-state index contributed by atoms with van der Waals surface area (Å²) in [5.41, 5.74) is 12.3. The van der Waals surface area contributed by atoms with Crippen LogP contribution in [0.25, 0.3) is 0 Å². The zero-order chi connectivity index (χ0) is 14.5. The fourth-order valence-corrected chi connectivity index (χ4v) is 2.41. The number of nitrogens with zero attached hydrogens (tertiary/aromatic N) is 1. The second-order valence-corrected chi connectivity index (χ2v) is 5.49. The van der Waals surface area contributed by atoms with Crippen molar-refractivity contribution >= 4 is 5.69 Å². The topological polar surface area (TPSA) is 29.3 Å². The first kappa shape index (κ1) is 14.6. The summed E-state index contributed by atoms with van der Waals surface area (Å²) >= 11 is 0. The molecule has 0 aliphatic rings. The Balaban J connectivity index is 2.26. The van der Waals surface area contributed by atoms with E-state index in [1.54, 1.807) is 0 Å². The van der Waals surface area contributed by atoms with Gasteiger partial charge in [0.2, 0.25) is 0 Å². The first-order valence-corrected chi connectivity index (χ1v) is 7.18. The summed E-state index contributed by atoms with van der Waals surface area (Å²) in [5.74, 6) is 0. The van der Waals surface area contributed by atoms with Crippen LogP contribution in [-0.2, 0) is 6.54 Å². The van der Waals surface area contributed by atoms with Gasteiger partial charge in [-0.15, -0.1) is 0 Å². The molecule has 0 unspecified atom stereocenters. The number of aryl methyl sites for hydroxylation is 3. The van der Waals surface area contributed by atoms with Gasteiger partial charge in [-0.2, -0.15) is 0 Å². The highest BCUT2D eigenvalue weighted by Gasteiger charge is 2.09. The number of anilines is 1.